The summed E-state index contributed by atoms with van der Waals surface area (Å²) in [5.41, 5.74) is 2.96. The standard InChI is InChI=1S/C28H26F2N8O3S/c1-16-4-6-19(14-24(16)42(31,40)41)33-27-32-11-10-25(35-27)37(2)20-7-9-23-22(15-20)34-28(38(23)3)36-26(39)13-17-12-18(29)5-8-21(17)30/h4-12,14-15H,13H2,1-3H3,(H2,31,40,41)(H,32,33,35)(H,34,36,39). The zero-order chi connectivity index (χ0) is 30.2. The number of aryl methyl sites for hydroxylation is 2. The Hall–Kier alpha value is -4.95. The van der Waals surface area contributed by atoms with Crippen molar-refractivity contribution in [3.63, 3.8) is 0 Å². The summed E-state index contributed by atoms with van der Waals surface area (Å²) in [6, 6.07) is 14.9. The van der Waals surface area contributed by atoms with Gasteiger partial charge in [0, 0.05) is 37.2 Å². The van der Waals surface area contributed by atoms with Crippen molar-refractivity contribution in [2.24, 2.45) is 12.2 Å². The minimum Gasteiger partial charge on any atom is -0.329 e. The lowest BCUT2D eigenvalue weighted by atomic mass is 10.1. The zero-order valence-corrected chi connectivity index (χ0v) is 23.6. The normalized spacial score (nSPS) is 11.5. The van der Waals surface area contributed by atoms with Crippen LogP contribution in [0.25, 0.3) is 11.0 Å². The average molecular weight is 593 g/mol. The zero-order valence-electron chi connectivity index (χ0n) is 22.8. The number of amides is 1. The maximum absolute atomic E-state index is 14.0. The average Bonchev–Trinajstić information content (AvgIpc) is 3.24. The van der Waals surface area contributed by atoms with Gasteiger partial charge in [-0.25, -0.2) is 32.3 Å². The number of halogens is 2. The molecule has 0 fully saturated rings. The minimum absolute atomic E-state index is 0.00104. The summed E-state index contributed by atoms with van der Waals surface area (Å²) >= 11 is 0. The second-order valence-electron chi connectivity index (χ2n) is 9.58. The van der Waals surface area contributed by atoms with Crippen molar-refractivity contribution in [2.45, 2.75) is 18.2 Å². The molecule has 5 rings (SSSR count). The summed E-state index contributed by atoms with van der Waals surface area (Å²) in [4.78, 5) is 27.6. The van der Waals surface area contributed by atoms with Crippen molar-refractivity contribution in [3.05, 3.63) is 89.6 Å². The molecule has 4 N–H and O–H groups in total. The number of sulfonamides is 1. The van der Waals surface area contributed by atoms with Crippen molar-refractivity contribution >= 4 is 56.1 Å². The van der Waals surface area contributed by atoms with E-state index in [-0.39, 0.29) is 28.8 Å². The molecular formula is C28H26F2N8O3S. The molecule has 2 heterocycles. The number of nitrogens with two attached hydrogens (primary N) is 1. The third-order valence-electron chi connectivity index (χ3n) is 6.60. The molecule has 1 amide bonds. The highest BCUT2D eigenvalue weighted by molar-refractivity contribution is 7.89. The van der Waals surface area contributed by atoms with Gasteiger partial charge in [-0.05, 0) is 67.1 Å². The van der Waals surface area contributed by atoms with Gasteiger partial charge < -0.3 is 14.8 Å². The highest BCUT2D eigenvalue weighted by Gasteiger charge is 2.16. The van der Waals surface area contributed by atoms with Crippen molar-refractivity contribution in [2.75, 3.05) is 22.6 Å². The summed E-state index contributed by atoms with van der Waals surface area (Å²) in [5.74, 6) is -0.816. The first kappa shape index (κ1) is 28.6. The largest absolute Gasteiger partial charge is 0.329 e. The highest BCUT2D eigenvalue weighted by Crippen LogP contribution is 2.28. The van der Waals surface area contributed by atoms with Gasteiger partial charge >= 0.3 is 0 Å². The van der Waals surface area contributed by atoms with E-state index in [9.17, 15) is 22.0 Å². The van der Waals surface area contributed by atoms with Gasteiger partial charge in [0.1, 0.15) is 17.5 Å². The number of fused-ring (bicyclic) bond motifs is 1. The van der Waals surface area contributed by atoms with Crippen LogP contribution in [0, 0.1) is 18.6 Å². The Kier molecular flexibility index (Phi) is 7.58. The minimum atomic E-state index is -3.90. The number of imidazole rings is 1. The quantitative estimate of drug-likeness (QED) is 0.242. The van der Waals surface area contributed by atoms with Crippen molar-refractivity contribution in [3.8, 4) is 0 Å². The molecule has 0 spiro atoms. The lowest BCUT2D eigenvalue weighted by Crippen LogP contribution is -2.17. The number of carbonyl (C=O) groups excluding carboxylic acids is 1. The molecule has 42 heavy (non-hydrogen) atoms. The molecule has 0 bridgehead atoms. The maximum atomic E-state index is 14.0. The molecule has 216 valence electrons. The number of anilines is 5. The first-order valence-corrected chi connectivity index (χ1v) is 14.1. The summed E-state index contributed by atoms with van der Waals surface area (Å²) in [6.07, 6.45) is 1.21. The number of benzene rings is 3. The number of hydrogen-bond donors (Lipinski definition) is 3. The predicted molar refractivity (Wildman–Crippen MR) is 155 cm³/mol. The van der Waals surface area contributed by atoms with Crippen LogP contribution in [-0.4, -0.2) is 40.9 Å². The molecule has 14 heteroatoms. The van der Waals surface area contributed by atoms with Crippen LogP contribution >= 0.6 is 0 Å². The predicted octanol–water partition coefficient (Wildman–Crippen LogP) is 4.29. The van der Waals surface area contributed by atoms with E-state index in [1.165, 1.54) is 6.07 Å². The van der Waals surface area contributed by atoms with Gasteiger partial charge in [0.25, 0.3) is 0 Å². The van der Waals surface area contributed by atoms with E-state index in [0.29, 0.717) is 22.6 Å². The third kappa shape index (κ3) is 6.04. The van der Waals surface area contributed by atoms with E-state index >= 15 is 0 Å². The van der Waals surface area contributed by atoms with Gasteiger partial charge in [-0.3, -0.25) is 10.1 Å². The molecular weight excluding hydrogens is 566 g/mol. The van der Waals surface area contributed by atoms with Gasteiger partial charge in [-0.2, -0.15) is 4.98 Å². The number of carbonyl (C=O) groups is 1. The molecule has 5 aromatic rings. The first-order valence-electron chi connectivity index (χ1n) is 12.6. The van der Waals surface area contributed by atoms with E-state index in [1.807, 2.05) is 18.2 Å². The molecule has 0 unspecified atom stereocenters. The van der Waals surface area contributed by atoms with E-state index < -0.39 is 27.6 Å². The first-order chi connectivity index (χ1) is 19.9. The van der Waals surface area contributed by atoms with Crippen LogP contribution in [0.2, 0.25) is 0 Å². The lowest BCUT2D eigenvalue weighted by Gasteiger charge is -2.19. The molecule has 0 saturated carbocycles. The molecule has 0 saturated heterocycles. The molecule has 11 nitrogen and oxygen atoms in total. The van der Waals surface area contributed by atoms with Gasteiger partial charge in [-0.15, -0.1) is 0 Å². The van der Waals surface area contributed by atoms with Crippen LogP contribution in [-0.2, 0) is 28.3 Å². The maximum Gasteiger partial charge on any atom is 0.238 e. The Morgan fingerprint density at radius 1 is 1.05 bits per heavy atom. The van der Waals surface area contributed by atoms with Crippen LogP contribution in [0.3, 0.4) is 0 Å². The Labute approximate surface area is 240 Å². The second-order valence-corrected chi connectivity index (χ2v) is 11.1. The Morgan fingerprint density at radius 2 is 1.83 bits per heavy atom. The number of nitrogens with one attached hydrogen (secondary N) is 2. The summed E-state index contributed by atoms with van der Waals surface area (Å²) in [5, 5.41) is 11.0. The number of primary sulfonamides is 1. The molecule has 2 aromatic heterocycles. The van der Waals surface area contributed by atoms with E-state index in [4.69, 9.17) is 5.14 Å². The molecule has 0 atom stereocenters. The monoisotopic (exact) mass is 592 g/mol. The smallest absolute Gasteiger partial charge is 0.238 e. The fourth-order valence-corrected chi connectivity index (χ4v) is 5.18. The van der Waals surface area contributed by atoms with Crippen molar-refractivity contribution in [1.82, 2.24) is 19.5 Å². The van der Waals surface area contributed by atoms with Gasteiger partial charge in [0.05, 0.1) is 22.3 Å². The van der Waals surface area contributed by atoms with E-state index in [2.05, 4.69) is 25.6 Å². The number of rotatable bonds is 8. The molecule has 3 aromatic carbocycles. The second kappa shape index (κ2) is 11.1. The van der Waals surface area contributed by atoms with E-state index in [1.54, 1.807) is 54.9 Å². The Morgan fingerprint density at radius 3 is 2.60 bits per heavy atom. The molecule has 0 aliphatic heterocycles. The van der Waals surface area contributed by atoms with Gasteiger partial charge in [0.2, 0.25) is 27.8 Å². The van der Waals surface area contributed by atoms with Gasteiger partial charge in [0.15, 0.2) is 0 Å². The van der Waals surface area contributed by atoms with Crippen LogP contribution in [0.1, 0.15) is 11.1 Å². The summed E-state index contributed by atoms with van der Waals surface area (Å²) in [7, 11) is -0.367. The summed E-state index contributed by atoms with van der Waals surface area (Å²) in [6.45, 7) is 1.65. The molecule has 0 aliphatic rings. The molecule has 0 aliphatic carbocycles. The summed E-state index contributed by atoms with van der Waals surface area (Å²) < 4.78 is 52.9. The van der Waals surface area contributed by atoms with Crippen LogP contribution in [0.5, 0.6) is 0 Å². The number of nitrogens with zero attached hydrogens (tertiary/aromatic N) is 5. The Balaban J connectivity index is 1.35. The Bertz CT molecular complexity index is 1950. The van der Waals surface area contributed by atoms with Crippen LogP contribution < -0.4 is 20.7 Å². The van der Waals surface area contributed by atoms with E-state index in [0.717, 1.165) is 29.4 Å². The topological polar surface area (TPSA) is 148 Å². The van der Waals surface area contributed by atoms with Crippen molar-refractivity contribution < 1.29 is 22.0 Å². The third-order valence-corrected chi connectivity index (χ3v) is 7.65. The van der Waals surface area contributed by atoms with Crippen LogP contribution in [0.4, 0.5) is 37.9 Å². The SMILES string of the molecule is Cc1ccc(Nc2nccc(N(C)c3ccc4c(c3)nc(NC(=O)Cc3cc(F)ccc3F)n4C)n2)cc1S(N)(=O)=O. The fourth-order valence-electron chi connectivity index (χ4n) is 4.37. The molecule has 0 radical (unpaired) electrons. The number of hydrogen-bond acceptors (Lipinski definition) is 8. The van der Waals surface area contributed by atoms with Crippen molar-refractivity contribution in [1.29, 1.82) is 0 Å². The number of aromatic nitrogens is 4. The highest BCUT2D eigenvalue weighted by atomic mass is 32.2. The van der Waals surface area contributed by atoms with Crippen LogP contribution in [0.15, 0.2) is 71.8 Å². The fraction of sp³-hybridized carbons (Fsp3) is 0.143. The van der Waals surface area contributed by atoms with Gasteiger partial charge in [-0.1, -0.05) is 6.07 Å². The lowest BCUT2D eigenvalue weighted by molar-refractivity contribution is -0.115.